The number of hydrogen-bond acceptors (Lipinski definition) is 3. The number of nitrogens with two attached hydrogens (primary N) is 1. The minimum Gasteiger partial charge on any atom is -0.341 e. The predicted molar refractivity (Wildman–Crippen MR) is 80.6 cm³/mol. The van der Waals surface area contributed by atoms with Gasteiger partial charge in [0.1, 0.15) is 0 Å². The molecule has 0 saturated carbocycles. The van der Waals surface area contributed by atoms with Crippen LogP contribution in [0.2, 0.25) is 0 Å². The van der Waals surface area contributed by atoms with Crippen LogP contribution in [-0.4, -0.2) is 25.0 Å². The van der Waals surface area contributed by atoms with Crippen molar-refractivity contribution in [1.82, 2.24) is 5.32 Å². The molecule has 0 unspecified atom stereocenters. The van der Waals surface area contributed by atoms with Gasteiger partial charge in [-0.3, -0.25) is 4.79 Å². The van der Waals surface area contributed by atoms with Crippen molar-refractivity contribution in [2.75, 3.05) is 17.7 Å². The lowest BCUT2D eigenvalue weighted by atomic mass is 9.99. The molecule has 0 aliphatic carbocycles. The van der Waals surface area contributed by atoms with E-state index in [0.29, 0.717) is 11.4 Å². The summed E-state index contributed by atoms with van der Waals surface area (Å²) in [6.45, 7) is 3.94. The number of hydrogen-bond donors (Lipinski definition) is 4. The average molecular weight is 278 g/mol. The van der Waals surface area contributed by atoms with Gasteiger partial charge in [-0.2, -0.15) is 0 Å². The average Bonchev–Trinajstić information content (AvgIpc) is 2.47. The number of anilines is 2. The lowest BCUT2D eigenvalue weighted by Gasteiger charge is -2.17. The van der Waals surface area contributed by atoms with E-state index >= 15 is 0 Å². The Balaban J connectivity index is 2.61. The fraction of sp³-hybridized carbons (Fsp3) is 0.429. The summed E-state index contributed by atoms with van der Waals surface area (Å²) < 4.78 is 0. The number of nitrogens with one attached hydrogen (secondary N) is 3. The van der Waals surface area contributed by atoms with Crippen molar-refractivity contribution in [3.05, 3.63) is 24.3 Å². The van der Waals surface area contributed by atoms with Crippen molar-refractivity contribution in [2.45, 2.75) is 26.3 Å². The van der Waals surface area contributed by atoms with Gasteiger partial charge in [-0.25, -0.2) is 4.79 Å². The first-order valence-corrected chi connectivity index (χ1v) is 6.63. The Morgan fingerprint density at radius 3 is 2.10 bits per heavy atom. The highest BCUT2D eigenvalue weighted by molar-refractivity contribution is 5.95. The molecule has 0 heterocycles. The molecule has 6 nitrogen and oxygen atoms in total. The predicted octanol–water partition coefficient (Wildman–Crippen LogP) is 1.75. The Morgan fingerprint density at radius 2 is 1.65 bits per heavy atom. The molecule has 1 rings (SSSR count). The Kier molecular flexibility index (Phi) is 5.99. The van der Waals surface area contributed by atoms with Gasteiger partial charge >= 0.3 is 6.03 Å². The standard InChI is InChI=1S/C14H22N4O2/c1-4-9(2)12(15)13(19)17-10-5-7-11(8-6-10)18-14(20)16-3/h5-9,12H,4,15H2,1-3H3,(H,17,19)(H2,16,18,20)/t9-,12-/m0/s1. The second-order valence-corrected chi connectivity index (χ2v) is 4.68. The second kappa shape index (κ2) is 7.49. The molecule has 1 aromatic rings. The van der Waals surface area contributed by atoms with Crippen molar-refractivity contribution in [1.29, 1.82) is 0 Å². The first-order valence-electron chi connectivity index (χ1n) is 6.63. The van der Waals surface area contributed by atoms with E-state index in [0.717, 1.165) is 6.42 Å². The first kappa shape index (κ1) is 16.0. The SMILES string of the molecule is CC[C@H](C)[C@H](N)C(=O)Nc1ccc(NC(=O)NC)cc1. The summed E-state index contributed by atoms with van der Waals surface area (Å²) in [5, 5.41) is 7.85. The summed E-state index contributed by atoms with van der Waals surface area (Å²) in [6.07, 6.45) is 0.851. The van der Waals surface area contributed by atoms with Crippen LogP contribution < -0.4 is 21.7 Å². The molecule has 0 radical (unpaired) electrons. The van der Waals surface area contributed by atoms with Gasteiger partial charge in [0, 0.05) is 18.4 Å². The van der Waals surface area contributed by atoms with E-state index in [4.69, 9.17) is 5.73 Å². The van der Waals surface area contributed by atoms with Crippen LogP contribution in [0.5, 0.6) is 0 Å². The summed E-state index contributed by atoms with van der Waals surface area (Å²) in [4.78, 5) is 23.0. The zero-order valence-corrected chi connectivity index (χ0v) is 12.1. The molecule has 5 N–H and O–H groups in total. The smallest absolute Gasteiger partial charge is 0.318 e. The lowest BCUT2D eigenvalue weighted by molar-refractivity contribution is -0.118. The minimum atomic E-state index is -0.524. The van der Waals surface area contributed by atoms with Gasteiger partial charge in [0.2, 0.25) is 5.91 Å². The summed E-state index contributed by atoms with van der Waals surface area (Å²) in [7, 11) is 1.54. The fourth-order valence-corrected chi connectivity index (χ4v) is 1.57. The minimum absolute atomic E-state index is 0.129. The highest BCUT2D eigenvalue weighted by atomic mass is 16.2. The third kappa shape index (κ3) is 4.55. The maximum absolute atomic E-state index is 11.9. The van der Waals surface area contributed by atoms with Crippen molar-refractivity contribution < 1.29 is 9.59 Å². The number of benzene rings is 1. The van der Waals surface area contributed by atoms with Crippen LogP contribution in [0.1, 0.15) is 20.3 Å². The fourth-order valence-electron chi connectivity index (χ4n) is 1.57. The quantitative estimate of drug-likeness (QED) is 0.660. The lowest BCUT2D eigenvalue weighted by Crippen LogP contribution is -2.40. The van der Waals surface area contributed by atoms with Crippen LogP contribution >= 0.6 is 0 Å². The highest BCUT2D eigenvalue weighted by Crippen LogP contribution is 2.15. The molecule has 0 bridgehead atoms. The normalized spacial score (nSPS) is 13.2. The molecule has 1 aromatic carbocycles. The summed E-state index contributed by atoms with van der Waals surface area (Å²) in [5.74, 6) is -0.0736. The van der Waals surface area contributed by atoms with Gasteiger partial charge in [0.25, 0.3) is 0 Å². The number of carbonyl (C=O) groups is 2. The summed E-state index contributed by atoms with van der Waals surface area (Å²) >= 11 is 0. The third-order valence-corrected chi connectivity index (χ3v) is 3.20. The highest BCUT2D eigenvalue weighted by Gasteiger charge is 2.19. The molecular weight excluding hydrogens is 256 g/mol. The third-order valence-electron chi connectivity index (χ3n) is 3.20. The molecule has 0 spiro atoms. The van der Waals surface area contributed by atoms with E-state index in [-0.39, 0.29) is 17.9 Å². The van der Waals surface area contributed by atoms with Crippen molar-refractivity contribution in [3.63, 3.8) is 0 Å². The molecule has 3 amide bonds. The molecular formula is C14H22N4O2. The Morgan fingerprint density at radius 1 is 1.15 bits per heavy atom. The van der Waals surface area contributed by atoms with Crippen LogP contribution in [-0.2, 0) is 4.79 Å². The number of carbonyl (C=O) groups excluding carboxylic acids is 2. The zero-order chi connectivity index (χ0) is 15.1. The van der Waals surface area contributed by atoms with E-state index in [2.05, 4.69) is 16.0 Å². The van der Waals surface area contributed by atoms with E-state index in [1.807, 2.05) is 13.8 Å². The largest absolute Gasteiger partial charge is 0.341 e. The first-order chi connectivity index (χ1) is 9.47. The van der Waals surface area contributed by atoms with E-state index in [9.17, 15) is 9.59 Å². The maximum Gasteiger partial charge on any atom is 0.318 e. The van der Waals surface area contributed by atoms with Crippen LogP contribution in [0.25, 0.3) is 0 Å². The van der Waals surface area contributed by atoms with Gasteiger partial charge in [-0.05, 0) is 30.2 Å². The number of urea groups is 1. The van der Waals surface area contributed by atoms with Gasteiger partial charge in [0.05, 0.1) is 6.04 Å². The molecule has 0 aliphatic heterocycles. The van der Waals surface area contributed by atoms with E-state index in [1.54, 1.807) is 31.3 Å². The summed E-state index contributed by atoms with van der Waals surface area (Å²) in [6, 6.07) is 6.03. The second-order valence-electron chi connectivity index (χ2n) is 4.68. The molecule has 0 saturated heterocycles. The van der Waals surface area contributed by atoms with Crippen LogP contribution in [0, 0.1) is 5.92 Å². The van der Waals surface area contributed by atoms with Crippen LogP contribution in [0.15, 0.2) is 24.3 Å². The number of amides is 3. The Labute approximate surface area is 119 Å². The molecule has 0 aromatic heterocycles. The number of rotatable bonds is 5. The van der Waals surface area contributed by atoms with Crippen molar-refractivity contribution in [2.24, 2.45) is 11.7 Å². The van der Waals surface area contributed by atoms with Crippen molar-refractivity contribution >= 4 is 23.3 Å². The zero-order valence-electron chi connectivity index (χ0n) is 12.1. The van der Waals surface area contributed by atoms with Gasteiger partial charge in [-0.1, -0.05) is 20.3 Å². The Hall–Kier alpha value is -2.08. The molecule has 20 heavy (non-hydrogen) atoms. The van der Waals surface area contributed by atoms with E-state index in [1.165, 1.54) is 0 Å². The van der Waals surface area contributed by atoms with Crippen molar-refractivity contribution in [3.8, 4) is 0 Å². The maximum atomic E-state index is 11.9. The molecule has 0 fully saturated rings. The Bertz CT molecular complexity index is 459. The monoisotopic (exact) mass is 278 g/mol. The molecule has 0 aliphatic rings. The van der Waals surface area contributed by atoms with Gasteiger partial charge < -0.3 is 21.7 Å². The van der Waals surface area contributed by atoms with Gasteiger partial charge in [-0.15, -0.1) is 0 Å². The molecule has 110 valence electrons. The molecule has 2 atom stereocenters. The summed E-state index contributed by atoms with van der Waals surface area (Å²) in [5.41, 5.74) is 7.15. The van der Waals surface area contributed by atoms with Gasteiger partial charge in [0.15, 0.2) is 0 Å². The van der Waals surface area contributed by atoms with Crippen LogP contribution in [0.4, 0.5) is 16.2 Å². The van der Waals surface area contributed by atoms with Crippen LogP contribution in [0.3, 0.4) is 0 Å². The van der Waals surface area contributed by atoms with E-state index < -0.39 is 6.04 Å². The molecule has 6 heteroatoms. The topological polar surface area (TPSA) is 96.2 Å².